The Morgan fingerprint density at radius 2 is 2.28 bits per heavy atom. The molecule has 0 aromatic carbocycles. The first-order valence-electron chi connectivity index (χ1n) is 4.83. The Balaban J connectivity index is 2.43. The molecule has 2 rings (SSSR count). The van der Waals surface area contributed by atoms with E-state index in [1.54, 1.807) is 7.05 Å². The monoisotopic (exact) mass is 266 g/mol. The highest BCUT2D eigenvalue weighted by molar-refractivity contribution is 7.99. The molecule has 5 N–H and O–H groups in total. The van der Waals surface area contributed by atoms with Gasteiger partial charge in [0, 0.05) is 7.05 Å². The number of nitrogen functional groups attached to an aromatic ring is 1. The number of aromatic amines is 1. The largest absolute Gasteiger partial charge is 0.397 e. The molecular formula is C9H10N6O2S. The zero-order valence-electron chi connectivity index (χ0n) is 9.38. The van der Waals surface area contributed by atoms with Crippen molar-refractivity contribution in [1.82, 2.24) is 19.7 Å². The van der Waals surface area contributed by atoms with Crippen molar-refractivity contribution in [2.45, 2.75) is 10.2 Å². The number of hydrogen-bond acceptors (Lipinski definition) is 6. The Labute approximate surface area is 105 Å². The fourth-order valence-corrected chi connectivity index (χ4v) is 2.10. The fourth-order valence-electron chi connectivity index (χ4n) is 1.24. The lowest BCUT2D eigenvalue weighted by Gasteiger charge is -2.05. The van der Waals surface area contributed by atoms with Gasteiger partial charge in [0.1, 0.15) is 5.03 Å². The molecule has 1 amide bonds. The van der Waals surface area contributed by atoms with Crippen molar-refractivity contribution in [2.24, 2.45) is 12.8 Å². The van der Waals surface area contributed by atoms with Gasteiger partial charge >= 0.3 is 5.69 Å². The molecular weight excluding hydrogens is 256 g/mol. The minimum Gasteiger partial charge on any atom is -0.397 e. The average molecular weight is 266 g/mol. The van der Waals surface area contributed by atoms with E-state index in [0.29, 0.717) is 15.9 Å². The summed E-state index contributed by atoms with van der Waals surface area (Å²) in [4.78, 5) is 26.5. The molecule has 8 nitrogen and oxygen atoms in total. The lowest BCUT2D eigenvalue weighted by atomic mass is 10.2. The molecule has 2 aromatic rings. The quantitative estimate of drug-likeness (QED) is 0.675. The van der Waals surface area contributed by atoms with Gasteiger partial charge in [-0.05, 0) is 17.8 Å². The molecule has 0 saturated carbocycles. The summed E-state index contributed by atoms with van der Waals surface area (Å²) >= 11 is 1.05. The summed E-state index contributed by atoms with van der Waals surface area (Å²) in [7, 11) is 1.55. The van der Waals surface area contributed by atoms with Crippen LogP contribution in [0.4, 0.5) is 5.69 Å². The van der Waals surface area contributed by atoms with Crippen LogP contribution in [0.1, 0.15) is 10.4 Å². The molecule has 0 aliphatic heterocycles. The van der Waals surface area contributed by atoms with Crippen LogP contribution >= 0.6 is 11.8 Å². The second kappa shape index (κ2) is 4.53. The van der Waals surface area contributed by atoms with Crippen molar-refractivity contribution in [3.63, 3.8) is 0 Å². The van der Waals surface area contributed by atoms with E-state index in [0.717, 1.165) is 11.8 Å². The van der Waals surface area contributed by atoms with Crippen LogP contribution in [0.2, 0.25) is 0 Å². The van der Waals surface area contributed by atoms with E-state index in [1.165, 1.54) is 16.8 Å². The van der Waals surface area contributed by atoms with Gasteiger partial charge in [-0.2, -0.15) is 0 Å². The van der Waals surface area contributed by atoms with Crippen molar-refractivity contribution < 1.29 is 4.79 Å². The maximum Gasteiger partial charge on any atom is 0.343 e. The molecule has 0 radical (unpaired) electrons. The van der Waals surface area contributed by atoms with E-state index >= 15 is 0 Å². The SMILES string of the molecule is Cn1c(Sc2ncc(N)cc2C(N)=O)n[nH]c1=O. The van der Waals surface area contributed by atoms with Crippen molar-refractivity contribution in [2.75, 3.05) is 5.73 Å². The van der Waals surface area contributed by atoms with E-state index in [-0.39, 0.29) is 11.3 Å². The molecule has 0 aliphatic carbocycles. The molecule has 18 heavy (non-hydrogen) atoms. The molecule has 0 aliphatic rings. The summed E-state index contributed by atoms with van der Waals surface area (Å²) in [5.41, 5.74) is 10.9. The number of primary amides is 1. The van der Waals surface area contributed by atoms with Crippen LogP contribution in [0.3, 0.4) is 0 Å². The summed E-state index contributed by atoms with van der Waals surface area (Å²) in [5.74, 6) is -0.641. The van der Waals surface area contributed by atoms with Crippen LogP contribution in [0.15, 0.2) is 27.2 Å². The Kier molecular flexibility index (Phi) is 3.06. The number of nitrogens with zero attached hydrogens (tertiary/aromatic N) is 3. The van der Waals surface area contributed by atoms with Gasteiger partial charge in [-0.25, -0.2) is 14.9 Å². The molecule has 0 saturated heterocycles. The average Bonchev–Trinajstić information content (AvgIpc) is 2.63. The Morgan fingerprint density at radius 3 is 2.83 bits per heavy atom. The van der Waals surface area contributed by atoms with E-state index in [2.05, 4.69) is 15.2 Å². The minimum absolute atomic E-state index is 0.190. The number of nitrogens with two attached hydrogens (primary N) is 2. The number of carbonyl (C=O) groups is 1. The van der Waals surface area contributed by atoms with Crippen LogP contribution in [0, 0.1) is 0 Å². The summed E-state index contributed by atoms with van der Waals surface area (Å²) in [5, 5.41) is 6.80. The molecule has 0 spiro atoms. The summed E-state index contributed by atoms with van der Waals surface area (Å²) in [6, 6.07) is 1.43. The normalized spacial score (nSPS) is 10.5. The van der Waals surface area contributed by atoms with Crippen molar-refractivity contribution in [3.05, 3.63) is 28.3 Å². The first-order valence-corrected chi connectivity index (χ1v) is 5.65. The summed E-state index contributed by atoms with van der Waals surface area (Å²) in [6.07, 6.45) is 1.40. The predicted molar refractivity (Wildman–Crippen MR) is 65.1 cm³/mol. The Hall–Kier alpha value is -2.29. The third kappa shape index (κ3) is 2.20. The molecule has 9 heteroatoms. The number of H-pyrrole nitrogens is 1. The van der Waals surface area contributed by atoms with E-state index in [1.807, 2.05) is 0 Å². The fraction of sp³-hybridized carbons (Fsp3) is 0.111. The highest BCUT2D eigenvalue weighted by Gasteiger charge is 2.15. The second-order valence-corrected chi connectivity index (χ2v) is 4.41. The number of nitrogens with one attached hydrogen (secondary N) is 1. The molecule has 0 unspecified atom stereocenters. The number of aromatic nitrogens is 4. The maximum atomic E-state index is 11.3. The van der Waals surface area contributed by atoms with Gasteiger partial charge in [-0.3, -0.25) is 9.36 Å². The predicted octanol–water partition coefficient (Wildman–Crippen LogP) is -0.664. The maximum absolute atomic E-state index is 11.3. The van der Waals surface area contributed by atoms with Crippen LogP contribution in [0.25, 0.3) is 0 Å². The third-order valence-electron chi connectivity index (χ3n) is 2.16. The van der Waals surface area contributed by atoms with Gasteiger partial charge in [0.05, 0.1) is 17.4 Å². The second-order valence-electron chi connectivity index (χ2n) is 3.46. The van der Waals surface area contributed by atoms with E-state index < -0.39 is 5.91 Å². The van der Waals surface area contributed by atoms with Crippen molar-refractivity contribution >= 4 is 23.4 Å². The lowest BCUT2D eigenvalue weighted by molar-refractivity contribution is 0.0997. The van der Waals surface area contributed by atoms with Crippen LogP contribution in [-0.2, 0) is 7.05 Å². The highest BCUT2D eigenvalue weighted by Crippen LogP contribution is 2.26. The van der Waals surface area contributed by atoms with Gasteiger partial charge in [-0.15, -0.1) is 5.10 Å². The minimum atomic E-state index is -0.641. The first-order chi connectivity index (χ1) is 8.49. The van der Waals surface area contributed by atoms with Gasteiger partial charge in [0.2, 0.25) is 0 Å². The molecule has 0 bridgehead atoms. The molecule has 0 fully saturated rings. The van der Waals surface area contributed by atoms with E-state index in [9.17, 15) is 9.59 Å². The first kappa shape index (κ1) is 12.2. The zero-order chi connectivity index (χ0) is 13.3. The number of rotatable bonds is 3. The lowest BCUT2D eigenvalue weighted by Crippen LogP contribution is -2.15. The highest BCUT2D eigenvalue weighted by atomic mass is 32.2. The van der Waals surface area contributed by atoms with Crippen molar-refractivity contribution in [3.8, 4) is 0 Å². The Morgan fingerprint density at radius 1 is 1.56 bits per heavy atom. The van der Waals surface area contributed by atoms with Crippen molar-refractivity contribution in [1.29, 1.82) is 0 Å². The van der Waals surface area contributed by atoms with Crippen LogP contribution in [-0.4, -0.2) is 25.7 Å². The zero-order valence-corrected chi connectivity index (χ0v) is 10.2. The Bertz CT molecular complexity index is 661. The van der Waals surface area contributed by atoms with Gasteiger partial charge in [0.25, 0.3) is 5.91 Å². The van der Waals surface area contributed by atoms with Gasteiger partial charge in [-0.1, -0.05) is 0 Å². The molecule has 94 valence electrons. The standard InChI is InChI=1S/C9H10N6O2S/c1-15-8(17)13-14-9(15)18-7-5(6(11)16)2-4(10)3-12-7/h2-3H,10H2,1H3,(H2,11,16)(H,13,17). The number of pyridine rings is 1. The topological polar surface area (TPSA) is 133 Å². The van der Waals surface area contributed by atoms with Gasteiger partial charge < -0.3 is 11.5 Å². The number of hydrogen-bond donors (Lipinski definition) is 3. The van der Waals surface area contributed by atoms with Gasteiger partial charge in [0.15, 0.2) is 5.16 Å². The van der Waals surface area contributed by atoms with E-state index in [4.69, 9.17) is 11.5 Å². The third-order valence-corrected chi connectivity index (χ3v) is 3.23. The number of carbonyl (C=O) groups excluding carboxylic acids is 1. The summed E-state index contributed by atoms with van der Waals surface area (Å²) < 4.78 is 1.30. The smallest absolute Gasteiger partial charge is 0.343 e. The summed E-state index contributed by atoms with van der Waals surface area (Å²) in [6.45, 7) is 0. The van der Waals surface area contributed by atoms with Crippen LogP contribution in [0.5, 0.6) is 0 Å². The molecule has 2 aromatic heterocycles. The number of anilines is 1. The number of amides is 1. The van der Waals surface area contributed by atoms with Crippen LogP contribution < -0.4 is 17.2 Å². The molecule has 2 heterocycles. The molecule has 0 atom stereocenters.